The number of hydrogen-bond acceptors (Lipinski definition) is 2. The van der Waals surface area contributed by atoms with E-state index in [4.69, 9.17) is 0 Å². The lowest BCUT2D eigenvalue weighted by atomic mass is 10.2. The van der Waals surface area contributed by atoms with Crippen LogP contribution in [0.4, 0.5) is 8.78 Å². The van der Waals surface area contributed by atoms with E-state index in [-0.39, 0.29) is 12.5 Å². The van der Waals surface area contributed by atoms with E-state index in [0.717, 1.165) is 0 Å². The van der Waals surface area contributed by atoms with Gasteiger partial charge in [-0.3, -0.25) is 0 Å². The van der Waals surface area contributed by atoms with Crippen molar-refractivity contribution in [3.8, 4) is 0 Å². The predicted molar refractivity (Wildman–Crippen MR) is 31.8 cm³/mol. The Morgan fingerprint density at radius 2 is 2.00 bits per heavy atom. The molecule has 0 aliphatic heterocycles. The summed E-state index contributed by atoms with van der Waals surface area (Å²) in [7, 11) is 0. The number of carbonyl (C=O) groups excluding carboxylic acids is 1. The Bertz CT molecular complexity index is 112. The van der Waals surface area contributed by atoms with Gasteiger partial charge in [-0.1, -0.05) is 13.8 Å². The van der Waals surface area contributed by atoms with Gasteiger partial charge in [0.25, 0.3) is 0 Å². The van der Waals surface area contributed by atoms with Crippen LogP contribution in [-0.2, 0) is 9.53 Å². The molecule has 0 aromatic rings. The van der Waals surface area contributed by atoms with Crippen molar-refractivity contribution < 1.29 is 18.3 Å². The summed E-state index contributed by atoms with van der Waals surface area (Å²) in [6.45, 7) is 3.61. The molecule has 0 bridgehead atoms. The van der Waals surface area contributed by atoms with E-state index >= 15 is 0 Å². The van der Waals surface area contributed by atoms with Crippen LogP contribution in [0.15, 0.2) is 0 Å². The molecule has 0 rings (SSSR count). The first-order valence-corrected chi connectivity index (χ1v) is 2.98. The van der Waals surface area contributed by atoms with E-state index in [1.807, 2.05) is 0 Å². The van der Waals surface area contributed by atoms with Crippen molar-refractivity contribution in [3.05, 3.63) is 0 Å². The lowest BCUT2D eigenvalue weighted by Crippen LogP contribution is -2.16. The first-order chi connectivity index (χ1) is 4.54. The molecule has 0 atom stereocenters. The predicted octanol–water partition coefficient (Wildman–Crippen LogP) is 1.45. The van der Waals surface area contributed by atoms with Crippen LogP contribution in [0.3, 0.4) is 0 Å². The van der Waals surface area contributed by atoms with Gasteiger partial charge in [-0.05, 0) is 5.92 Å². The molecule has 0 N–H and O–H groups in total. The highest BCUT2D eigenvalue weighted by atomic mass is 19.3. The largest absolute Gasteiger partial charge is 0.461 e. The lowest BCUT2D eigenvalue weighted by molar-refractivity contribution is -0.157. The summed E-state index contributed by atoms with van der Waals surface area (Å²) in [6.07, 6.45) is -3.00. The normalized spacial score (nSPS) is 10.6. The van der Waals surface area contributed by atoms with Crippen LogP contribution in [0.2, 0.25) is 0 Å². The van der Waals surface area contributed by atoms with Crippen LogP contribution >= 0.6 is 0 Å². The second kappa shape index (κ2) is 4.19. The highest BCUT2D eigenvalue weighted by molar-refractivity contribution is 5.72. The fraction of sp³-hybridized carbons (Fsp3) is 0.833. The molecule has 0 fully saturated rings. The fourth-order valence-corrected chi connectivity index (χ4v) is 0.312. The Balaban J connectivity index is 3.40. The standard InChI is InChI=1S/C6H10F2O2/c1-4(2)3-10-6(9)5(7)8/h4-5H,3H2,1-2H3. The molecule has 0 aromatic heterocycles. The second-order valence-corrected chi connectivity index (χ2v) is 2.32. The van der Waals surface area contributed by atoms with E-state index in [1.54, 1.807) is 13.8 Å². The smallest absolute Gasteiger partial charge is 0.373 e. The number of halogens is 2. The van der Waals surface area contributed by atoms with E-state index in [9.17, 15) is 13.6 Å². The maximum Gasteiger partial charge on any atom is 0.373 e. The quantitative estimate of drug-likeness (QED) is 0.572. The zero-order chi connectivity index (χ0) is 8.15. The summed E-state index contributed by atoms with van der Waals surface area (Å²) in [4.78, 5) is 10.1. The maximum atomic E-state index is 11.4. The third kappa shape index (κ3) is 4.23. The molecule has 0 heterocycles. The Labute approximate surface area is 58.2 Å². The zero-order valence-electron chi connectivity index (χ0n) is 5.93. The number of carbonyl (C=O) groups is 1. The second-order valence-electron chi connectivity index (χ2n) is 2.32. The van der Waals surface area contributed by atoms with Gasteiger partial charge in [0.2, 0.25) is 0 Å². The van der Waals surface area contributed by atoms with Crippen molar-refractivity contribution in [2.45, 2.75) is 20.3 Å². The topological polar surface area (TPSA) is 26.3 Å². The average Bonchev–Trinajstić information content (AvgIpc) is 1.82. The third-order valence-corrected chi connectivity index (χ3v) is 0.737. The Morgan fingerprint density at radius 1 is 1.50 bits per heavy atom. The first-order valence-electron chi connectivity index (χ1n) is 2.98. The zero-order valence-corrected chi connectivity index (χ0v) is 5.93. The van der Waals surface area contributed by atoms with Gasteiger partial charge in [-0.2, -0.15) is 8.78 Å². The van der Waals surface area contributed by atoms with Crippen LogP contribution < -0.4 is 0 Å². The fourth-order valence-electron chi connectivity index (χ4n) is 0.312. The minimum absolute atomic E-state index is 0.0587. The molecule has 0 aliphatic carbocycles. The summed E-state index contributed by atoms with van der Waals surface area (Å²) in [5.41, 5.74) is 0. The molecule has 0 aliphatic rings. The molecule has 0 amide bonds. The molecule has 4 heteroatoms. The number of alkyl halides is 2. The van der Waals surface area contributed by atoms with Crippen LogP contribution in [0, 0.1) is 5.92 Å². The van der Waals surface area contributed by atoms with Gasteiger partial charge in [0.05, 0.1) is 6.61 Å². The first kappa shape index (κ1) is 9.33. The summed E-state index contributed by atoms with van der Waals surface area (Å²) >= 11 is 0. The van der Waals surface area contributed by atoms with Crippen molar-refractivity contribution >= 4 is 5.97 Å². The number of hydrogen-bond donors (Lipinski definition) is 0. The van der Waals surface area contributed by atoms with Gasteiger partial charge < -0.3 is 4.74 Å². The van der Waals surface area contributed by atoms with Crippen LogP contribution in [-0.4, -0.2) is 19.0 Å². The van der Waals surface area contributed by atoms with Crippen molar-refractivity contribution in [1.82, 2.24) is 0 Å². The van der Waals surface area contributed by atoms with Crippen molar-refractivity contribution in [2.24, 2.45) is 5.92 Å². The van der Waals surface area contributed by atoms with Crippen LogP contribution in [0.5, 0.6) is 0 Å². The van der Waals surface area contributed by atoms with E-state index in [2.05, 4.69) is 4.74 Å². The molecule has 0 radical (unpaired) electrons. The molecule has 0 aromatic carbocycles. The SMILES string of the molecule is CC(C)COC(=O)C(F)F. The summed E-state index contributed by atoms with van der Waals surface area (Å²) < 4.78 is 27.0. The van der Waals surface area contributed by atoms with Crippen LogP contribution in [0.25, 0.3) is 0 Å². The minimum atomic E-state index is -3.00. The van der Waals surface area contributed by atoms with Gasteiger partial charge in [0, 0.05) is 0 Å². The van der Waals surface area contributed by atoms with Gasteiger partial charge in [-0.25, -0.2) is 4.79 Å². The molecule has 0 spiro atoms. The Hall–Kier alpha value is -0.670. The van der Waals surface area contributed by atoms with Crippen molar-refractivity contribution in [1.29, 1.82) is 0 Å². The summed E-state index contributed by atoms with van der Waals surface area (Å²) in [5, 5.41) is 0. The van der Waals surface area contributed by atoms with Gasteiger partial charge in [-0.15, -0.1) is 0 Å². The minimum Gasteiger partial charge on any atom is -0.461 e. The number of ether oxygens (including phenoxy) is 1. The van der Waals surface area contributed by atoms with Gasteiger partial charge in [0.15, 0.2) is 0 Å². The number of esters is 1. The third-order valence-electron chi connectivity index (χ3n) is 0.737. The molecular weight excluding hydrogens is 142 g/mol. The number of rotatable bonds is 3. The van der Waals surface area contributed by atoms with Crippen molar-refractivity contribution in [3.63, 3.8) is 0 Å². The maximum absolute atomic E-state index is 11.4. The van der Waals surface area contributed by atoms with Gasteiger partial charge in [0.1, 0.15) is 0 Å². The molecule has 0 saturated heterocycles. The molecule has 60 valence electrons. The Morgan fingerprint density at radius 3 is 2.30 bits per heavy atom. The summed E-state index contributed by atoms with van der Waals surface area (Å²) in [5.74, 6) is -1.34. The highest BCUT2D eigenvalue weighted by Gasteiger charge is 2.16. The molecule has 10 heavy (non-hydrogen) atoms. The van der Waals surface area contributed by atoms with Crippen molar-refractivity contribution in [2.75, 3.05) is 6.61 Å². The molecule has 2 nitrogen and oxygen atoms in total. The molecule has 0 saturated carbocycles. The average molecular weight is 152 g/mol. The highest BCUT2D eigenvalue weighted by Crippen LogP contribution is 1.98. The van der Waals surface area contributed by atoms with E-state index < -0.39 is 12.4 Å². The lowest BCUT2D eigenvalue weighted by Gasteiger charge is -2.05. The molecule has 0 unspecified atom stereocenters. The summed E-state index contributed by atoms with van der Waals surface area (Å²) in [6, 6.07) is 0. The Kier molecular flexibility index (Phi) is 3.91. The van der Waals surface area contributed by atoms with E-state index in [0.29, 0.717) is 0 Å². The van der Waals surface area contributed by atoms with E-state index in [1.165, 1.54) is 0 Å². The molecular formula is C6H10F2O2. The van der Waals surface area contributed by atoms with Gasteiger partial charge >= 0.3 is 12.4 Å². The van der Waals surface area contributed by atoms with Crippen LogP contribution in [0.1, 0.15) is 13.8 Å². The monoisotopic (exact) mass is 152 g/mol.